The maximum Gasteiger partial charge on any atom is 0.126 e. The van der Waals surface area contributed by atoms with Crippen LogP contribution in [0.5, 0.6) is 5.75 Å². The quantitative estimate of drug-likeness (QED) is 0.847. The molecule has 0 bridgehead atoms. The summed E-state index contributed by atoms with van der Waals surface area (Å²) in [6, 6.07) is 4.41. The van der Waals surface area contributed by atoms with Crippen LogP contribution in [-0.2, 0) is 0 Å². The lowest BCUT2D eigenvalue weighted by molar-refractivity contribution is 0.322. The molecular weight excluding hydrogens is 246 g/mol. The Bertz CT molecular complexity index is 435. The summed E-state index contributed by atoms with van der Waals surface area (Å²) in [6.45, 7) is 4.24. The number of aryl methyl sites for hydroxylation is 1. The Morgan fingerprint density at radius 2 is 1.90 bits per heavy atom. The predicted molar refractivity (Wildman–Crippen MR) is 85.2 cm³/mol. The second kappa shape index (κ2) is 7.12. The highest BCUT2D eigenvalue weighted by Gasteiger charge is 2.18. The van der Waals surface area contributed by atoms with Gasteiger partial charge in [-0.3, -0.25) is 0 Å². The fourth-order valence-electron chi connectivity index (χ4n) is 3.42. The number of methoxy groups -OCH3 is 1. The molecule has 1 aromatic rings. The molecule has 2 rings (SSSR count). The van der Waals surface area contributed by atoms with Crippen molar-refractivity contribution >= 4 is 0 Å². The second-order valence-corrected chi connectivity index (χ2v) is 6.32. The maximum atomic E-state index is 6.43. The van der Waals surface area contributed by atoms with Crippen LogP contribution in [0.2, 0.25) is 0 Å². The zero-order valence-corrected chi connectivity index (χ0v) is 13.2. The molecule has 1 unspecified atom stereocenters. The zero-order chi connectivity index (χ0) is 14.5. The number of nitrogens with two attached hydrogens (primary N) is 1. The van der Waals surface area contributed by atoms with Crippen LogP contribution in [0.4, 0.5) is 0 Å². The van der Waals surface area contributed by atoms with Gasteiger partial charge in [0.05, 0.1) is 7.11 Å². The Kier molecular flexibility index (Phi) is 5.47. The SMILES string of the molecule is COc1c(C(N)CCC2CCCCC2)ccc(C)c1C. The van der Waals surface area contributed by atoms with Gasteiger partial charge in [-0.1, -0.05) is 44.2 Å². The molecule has 0 aromatic heterocycles. The van der Waals surface area contributed by atoms with E-state index in [0.717, 1.165) is 18.1 Å². The molecule has 0 spiro atoms. The van der Waals surface area contributed by atoms with Crippen LogP contribution in [-0.4, -0.2) is 7.11 Å². The highest BCUT2D eigenvalue weighted by molar-refractivity contribution is 5.46. The minimum absolute atomic E-state index is 0.103. The molecule has 0 amide bonds. The highest BCUT2D eigenvalue weighted by Crippen LogP contribution is 2.34. The van der Waals surface area contributed by atoms with Crippen LogP contribution in [0.15, 0.2) is 12.1 Å². The van der Waals surface area contributed by atoms with Crippen molar-refractivity contribution in [3.8, 4) is 5.75 Å². The third kappa shape index (κ3) is 3.54. The fourth-order valence-corrected chi connectivity index (χ4v) is 3.42. The molecule has 20 heavy (non-hydrogen) atoms. The van der Waals surface area contributed by atoms with Gasteiger partial charge in [0, 0.05) is 11.6 Å². The number of hydrogen-bond acceptors (Lipinski definition) is 2. The summed E-state index contributed by atoms with van der Waals surface area (Å²) in [5.74, 6) is 1.88. The van der Waals surface area contributed by atoms with Gasteiger partial charge < -0.3 is 10.5 Å². The van der Waals surface area contributed by atoms with Gasteiger partial charge in [0.1, 0.15) is 5.75 Å². The Balaban J connectivity index is 2.01. The van der Waals surface area contributed by atoms with Gasteiger partial charge in [0.25, 0.3) is 0 Å². The van der Waals surface area contributed by atoms with Crippen molar-refractivity contribution in [3.05, 3.63) is 28.8 Å². The fraction of sp³-hybridized carbons (Fsp3) is 0.667. The topological polar surface area (TPSA) is 35.2 Å². The molecule has 0 saturated heterocycles. The molecular formula is C18H29NO. The first-order chi connectivity index (χ1) is 9.63. The van der Waals surface area contributed by atoms with Crippen molar-refractivity contribution in [1.29, 1.82) is 0 Å². The molecule has 2 heteroatoms. The monoisotopic (exact) mass is 275 g/mol. The average molecular weight is 275 g/mol. The highest BCUT2D eigenvalue weighted by atomic mass is 16.5. The van der Waals surface area contributed by atoms with E-state index >= 15 is 0 Å². The smallest absolute Gasteiger partial charge is 0.126 e. The predicted octanol–water partition coefficient (Wildman–Crippen LogP) is 4.67. The number of ether oxygens (including phenoxy) is 1. The summed E-state index contributed by atoms with van der Waals surface area (Å²) in [5.41, 5.74) is 10.1. The number of benzene rings is 1. The summed E-state index contributed by atoms with van der Waals surface area (Å²) < 4.78 is 5.59. The average Bonchev–Trinajstić information content (AvgIpc) is 2.48. The standard InChI is InChI=1S/C18H29NO/c1-13-9-11-16(18(20-3)14(13)2)17(19)12-10-15-7-5-4-6-8-15/h9,11,15,17H,4-8,10,12,19H2,1-3H3. The molecule has 2 nitrogen and oxygen atoms in total. The molecule has 1 saturated carbocycles. The van der Waals surface area contributed by atoms with Gasteiger partial charge >= 0.3 is 0 Å². The molecule has 0 heterocycles. The summed E-state index contributed by atoms with van der Waals surface area (Å²) in [5, 5.41) is 0. The van der Waals surface area contributed by atoms with Crippen molar-refractivity contribution in [3.63, 3.8) is 0 Å². The van der Waals surface area contributed by atoms with Gasteiger partial charge in [0.15, 0.2) is 0 Å². The van der Waals surface area contributed by atoms with Gasteiger partial charge in [-0.2, -0.15) is 0 Å². The summed E-state index contributed by atoms with van der Waals surface area (Å²) in [4.78, 5) is 0. The largest absolute Gasteiger partial charge is 0.496 e. The van der Waals surface area contributed by atoms with Crippen molar-refractivity contribution in [2.45, 2.75) is 64.8 Å². The normalized spacial score (nSPS) is 18.0. The third-order valence-corrected chi connectivity index (χ3v) is 4.92. The van der Waals surface area contributed by atoms with E-state index in [0.29, 0.717) is 0 Å². The first kappa shape index (κ1) is 15.4. The Labute approximate surface area is 123 Å². The van der Waals surface area contributed by atoms with Crippen molar-refractivity contribution in [2.75, 3.05) is 7.11 Å². The summed E-state index contributed by atoms with van der Waals surface area (Å²) in [7, 11) is 1.75. The summed E-state index contributed by atoms with van der Waals surface area (Å²) >= 11 is 0. The molecule has 1 aromatic carbocycles. The molecule has 1 aliphatic rings. The zero-order valence-electron chi connectivity index (χ0n) is 13.2. The van der Waals surface area contributed by atoms with E-state index in [1.165, 1.54) is 55.2 Å². The van der Waals surface area contributed by atoms with Crippen LogP contribution < -0.4 is 10.5 Å². The van der Waals surface area contributed by atoms with Gasteiger partial charge in [-0.25, -0.2) is 0 Å². The van der Waals surface area contributed by atoms with Gasteiger partial charge in [-0.15, -0.1) is 0 Å². The van der Waals surface area contributed by atoms with E-state index < -0.39 is 0 Å². The minimum atomic E-state index is 0.103. The number of rotatable bonds is 5. The van der Waals surface area contributed by atoms with Crippen molar-refractivity contribution in [2.24, 2.45) is 11.7 Å². The van der Waals surface area contributed by atoms with E-state index in [-0.39, 0.29) is 6.04 Å². The van der Waals surface area contributed by atoms with Crippen LogP contribution in [0.25, 0.3) is 0 Å². The van der Waals surface area contributed by atoms with E-state index in [1.807, 2.05) is 0 Å². The third-order valence-electron chi connectivity index (χ3n) is 4.92. The van der Waals surface area contributed by atoms with Crippen LogP contribution in [0.1, 0.15) is 67.7 Å². The van der Waals surface area contributed by atoms with E-state index in [1.54, 1.807) is 7.11 Å². The van der Waals surface area contributed by atoms with Crippen LogP contribution in [0.3, 0.4) is 0 Å². The van der Waals surface area contributed by atoms with Gasteiger partial charge in [0.2, 0.25) is 0 Å². The molecule has 1 aliphatic carbocycles. The molecule has 1 fully saturated rings. The Morgan fingerprint density at radius 3 is 2.55 bits per heavy atom. The molecule has 112 valence electrons. The van der Waals surface area contributed by atoms with Crippen LogP contribution in [0, 0.1) is 19.8 Å². The van der Waals surface area contributed by atoms with E-state index in [9.17, 15) is 0 Å². The van der Waals surface area contributed by atoms with Crippen LogP contribution >= 0.6 is 0 Å². The lowest BCUT2D eigenvalue weighted by Crippen LogP contribution is -2.15. The van der Waals surface area contributed by atoms with Crippen molar-refractivity contribution < 1.29 is 4.74 Å². The molecule has 0 aliphatic heterocycles. The van der Waals surface area contributed by atoms with Gasteiger partial charge in [-0.05, 0) is 43.7 Å². The number of hydrogen-bond donors (Lipinski definition) is 1. The van der Waals surface area contributed by atoms with Crippen molar-refractivity contribution in [1.82, 2.24) is 0 Å². The molecule has 1 atom stereocenters. The maximum absolute atomic E-state index is 6.43. The second-order valence-electron chi connectivity index (χ2n) is 6.32. The first-order valence-electron chi connectivity index (χ1n) is 8.03. The Hall–Kier alpha value is -1.02. The lowest BCUT2D eigenvalue weighted by atomic mass is 9.84. The summed E-state index contributed by atoms with van der Waals surface area (Å²) in [6.07, 6.45) is 9.38. The van der Waals surface area contributed by atoms with E-state index in [4.69, 9.17) is 10.5 Å². The molecule has 0 radical (unpaired) electrons. The first-order valence-corrected chi connectivity index (χ1v) is 8.03. The minimum Gasteiger partial charge on any atom is -0.496 e. The van der Waals surface area contributed by atoms with E-state index in [2.05, 4.69) is 26.0 Å². The Morgan fingerprint density at radius 1 is 1.20 bits per heavy atom. The lowest BCUT2D eigenvalue weighted by Gasteiger charge is -2.24. The molecule has 2 N–H and O–H groups in total.